The van der Waals surface area contributed by atoms with Crippen LogP contribution >= 0.6 is 0 Å². The van der Waals surface area contributed by atoms with Crippen LogP contribution in [-0.2, 0) is 51.8 Å². The number of carboxylic acid groups (broad SMARTS) is 4. The van der Waals surface area contributed by atoms with Crippen LogP contribution in [-0.4, -0.2) is 138 Å². The van der Waals surface area contributed by atoms with Gasteiger partial charge in [-0.3, -0.25) is 14.4 Å². The quantitative estimate of drug-likeness (QED) is 0.0635. The second-order valence-corrected chi connectivity index (χ2v) is 11.1. The third-order valence-electron chi connectivity index (χ3n) is 7.95. The summed E-state index contributed by atoms with van der Waals surface area (Å²) in [5.74, 6) is -5.68. The highest BCUT2D eigenvalue weighted by Gasteiger charge is 2.46. The molecule has 19 heteroatoms. The monoisotopic (exact) mass is 667 g/mol. The molecule has 4 rings (SSSR count). The van der Waals surface area contributed by atoms with Crippen molar-refractivity contribution in [1.29, 1.82) is 0 Å². The first-order chi connectivity index (χ1) is 22.1. The largest absolute Gasteiger partial charge is 0.480 e. The smallest absolute Gasteiger partial charge is 0.369 e. The van der Waals surface area contributed by atoms with E-state index in [-0.39, 0.29) is 50.8 Å². The van der Waals surface area contributed by atoms with Gasteiger partial charge in [0.1, 0.15) is 43.3 Å². The first-order valence-electron chi connectivity index (χ1n) is 14.1. The molecule has 0 bridgehead atoms. The molecule has 3 aromatic heterocycles. The highest BCUT2D eigenvalue weighted by Crippen LogP contribution is 2.38. The number of nitrogens with zero attached hydrogens (tertiary/aromatic N) is 4. The summed E-state index contributed by atoms with van der Waals surface area (Å²) in [5, 5.41) is 112. The van der Waals surface area contributed by atoms with Gasteiger partial charge in [0.25, 0.3) is 0 Å². The maximum atomic E-state index is 12.3. The van der Waals surface area contributed by atoms with Crippen molar-refractivity contribution in [2.45, 2.75) is 63.1 Å². The summed E-state index contributed by atoms with van der Waals surface area (Å²) in [6.45, 7) is -5.86. The lowest BCUT2D eigenvalue weighted by molar-refractivity contribution is -0.138. The number of rotatable bonds is 16. The van der Waals surface area contributed by atoms with E-state index >= 15 is 0 Å². The lowest BCUT2D eigenvalue weighted by Gasteiger charge is -2.27. The first kappa shape index (κ1) is 35.2. The Labute approximate surface area is 263 Å². The summed E-state index contributed by atoms with van der Waals surface area (Å²) in [7, 11) is 0. The van der Waals surface area contributed by atoms with Crippen molar-refractivity contribution < 1.29 is 75.3 Å². The van der Waals surface area contributed by atoms with E-state index in [1.165, 1.54) is 22.8 Å². The van der Waals surface area contributed by atoms with Gasteiger partial charge in [0.05, 0.1) is 53.9 Å². The van der Waals surface area contributed by atoms with Crippen LogP contribution in [0, 0.1) is 0 Å². The van der Waals surface area contributed by atoms with Gasteiger partial charge < -0.3 is 69.9 Å². The zero-order valence-electron chi connectivity index (χ0n) is 24.6. The van der Waals surface area contributed by atoms with E-state index in [2.05, 4.69) is 0 Å². The number of hydrogen-bond donors (Lipinski definition) is 11. The van der Waals surface area contributed by atoms with Gasteiger partial charge in [0.15, 0.2) is 0 Å². The lowest BCUT2D eigenvalue weighted by Crippen LogP contribution is -2.52. The van der Waals surface area contributed by atoms with Gasteiger partial charge in [-0.05, 0) is 12.1 Å². The van der Waals surface area contributed by atoms with Crippen LogP contribution in [0.25, 0.3) is 17.1 Å². The van der Waals surface area contributed by atoms with E-state index in [0.29, 0.717) is 0 Å². The summed E-state index contributed by atoms with van der Waals surface area (Å²) in [6, 6.07) is 0.802. The molecule has 0 saturated carbocycles. The van der Waals surface area contributed by atoms with Gasteiger partial charge in [-0.25, -0.2) is 9.37 Å². The number of aliphatic carboxylic acids is 4. The van der Waals surface area contributed by atoms with E-state index in [1.807, 2.05) is 0 Å². The molecule has 0 aromatic carbocycles. The Hall–Kier alpha value is -4.63. The standard InChI is InChI=1S/C28H34N4O15/c33-9-13-3-15-16(29(13)5-20(38)39)4-17-24(26(32(15)8-23(44)45)28(47)27(46)19(37)11-35)25-18(31(17)7-22(42)43)2-12(1-14(36)10-34)30(25)6-21(40)41/h2-4,14,19,26-28,33-37,46-47H,1,5-11H2,(H3-,38,39,40,41,42,43,44,45)/p+1/t14?,19?,26-,27?,28?/m0/s1. The molecule has 3 aromatic rings. The molecule has 4 unspecified atom stereocenters. The normalized spacial score (nSPS) is 16.9. The fraction of sp³-hybridized carbons (Fsp3) is 0.464. The maximum Gasteiger partial charge on any atom is 0.369 e. The first-order valence-corrected chi connectivity index (χ1v) is 14.1. The summed E-state index contributed by atoms with van der Waals surface area (Å²) >= 11 is 0. The van der Waals surface area contributed by atoms with Gasteiger partial charge >= 0.3 is 23.9 Å². The van der Waals surface area contributed by atoms with E-state index < -0.39 is 100 Å². The molecule has 1 aliphatic heterocycles. The molecular formula is C28H35N4O15+. The highest BCUT2D eigenvalue weighted by atomic mass is 16.4. The zero-order valence-corrected chi connectivity index (χ0v) is 24.6. The molecule has 0 aliphatic carbocycles. The van der Waals surface area contributed by atoms with Gasteiger partial charge in [0.2, 0.25) is 17.9 Å². The number of fused-ring (bicyclic) bond motifs is 4. The third kappa shape index (κ3) is 6.76. The van der Waals surface area contributed by atoms with Gasteiger partial charge in [-0.2, -0.15) is 0 Å². The Morgan fingerprint density at radius 3 is 1.89 bits per heavy atom. The van der Waals surface area contributed by atoms with Crippen LogP contribution < -0.4 is 15.3 Å². The Kier molecular flexibility index (Phi) is 10.5. The van der Waals surface area contributed by atoms with Crippen LogP contribution in [0.1, 0.15) is 28.7 Å². The van der Waals surface area contributed by atoms with Gasteiger partial charge in [-0.15, -0.1) is 0 Å². The SMILES string of the molecule is O=C(O)Cn1c(CO)cc2c1=Cc1c(c3c(cc(CC(O)CO)n3CC(=O)O)n1CC(=O)O)[C@@H](C(O)C(O)C(O)CO)[N+]=2CC(=O)O. The van der Waals surface area contributed by atoms with E-state index in [1.54, 1.807) is 0 Å². The topological polar surface area (TPSA) is 309 Å². The molecular weight excluding hydrogens is 632 g/mol. The summed E-state index contributed by atoms with van der Waals surface area (Å²) in [6.07, 6.45) is -6.77. The molecule has 4 heterocycles. The van der Waals surface area contributed by atoms with Crippen molar-refractivity contribution in [3.05, 3.63) is 45.5 Å². The predicted molar refractivity (Wildman–Crippen MR) is 154 cm³/mol. The molecule has 1 aliphatic rings. The molecule has 0 spiro atoms. The van der Waals surface area contributed by atoms with Gasteiger partial charge in [-0.1, -0.05) is 0 Å². The van der Waals surface area contributed by atoms with Gasteiger partial charge in [0, 0.05) is 18.2 Å². The van der Waals surface area contributed by atoms with Crippen LogP contribution in [0.5, 0.6) is 0 Å². The Morgan fingerprint density at radius 1 is 0.766 bits per heavy atom. The van der Waals surface area contributed by atoms with Crippen molar-refractivity contribution in [2.75, 3.05) is 19.8 Å². The molecule has 0 radical (unpaired) electrons. The molecule has 47 heavy (non-hydrogen) atoms. The average Bonchev–Trinajstić information content (AvgIpc) is 3.57. The highest BCUT2D eigenvalue weighted by molar-refractivity contribution is 5.90. The average molecular weight is 668 g/mol. The van der Waals surface area contributed by atoms with Crippen LogP contribution in [0.2, 0.25) is 0 Å². The van der Waals surface area contributed by atoms with E-state index in [0.717, 1.165) is 13.7 Å². The third-order valence-corrected chi connectivity index (χ3v) is 7.95. The Morgan fingerprint density at radius 2 is 1.36 bits per heavy atom. The van der Waals surface area contributed by atoms with Crippen LogP contribution in [0.4, 0.5) is 0 Å². The molecule has 256 valence electrons. The summed E-state index contributed by atoms with van der Waals surface area (Å²) in [5.41, 5.74) is -0.232. The fourth-order valence-electron chi connectivity index (χ4n) is 6.09. The minimum atomic E-state index is -2.18. The summed E-state index contributed by atoms with van der Waals surface area (Å²) in [4.78, 5) is 48.4. The molecule has 0 amide bonds. The van der Waals surface area contributed by atoms with Crippen molar-refractivity contribution in [3.8, 4) is 0 Å². The molecule has 0 saturated heterocycles. The van der Waals surface area contributed by atoms with Crippen molar-refractivity contribution >= 4 is 41.0 Å². The zero-order chi connectivity index (χ0) is 34.9. The maximum absolute atomic E-state index is 12.3. The number of hydrogen-bond acceptors (Lipinski definition) is 11. The van der Waals surface area contributed by atoms with E-state index in [9.17, 15) is 75.3 Å². The molecule has 11 N–H and O–H groups in total. The number of carbonyl (C=O) groups is 4. The minimum Gasteiger partial charge on any atom is -0.480 e. The Balaban J connectivity index is 2.32. The number of aromatic nitrogens is 3. The predicted octanol–water partition coefficient (Wildman–Crippen LogP) is -5.58. The lowest BCUT2D eigenvalue weighted by atomic mass is 9.93. The molecule has 5 atom stereocenters. The minimum absolute atomic E-state index is 0.0156. The fourth-order valence-corrected chi connectivity index (χ4v) is 6.09. The van der Waals surface area contributed by atoms with Crippen molar-refractivity contribution in [1.82, 2.24) is 18.3 Å². The van der Waals surface area contributed by atoms with Crippen molar-refractivity contribution in [2.24, 2.45) is 0 Å². The number of carboxylic acids is 4. The van der Waals surface area contributed by atoms with Crippen LogP contribution in [0.3, 0.4) is 0 Å². The molecule has 19 nitrogen and oxygen atoms in total. The second-order valence-electron chi connectivity index (χ2n) is 11.1. The number of aliphatic hydroxyl groups excluding tert-OH is 7. The summed E-state index contributed by atoms with van der Waals surface area (Å²) < 4.78 is 4.44. The van der Waals surface area contributed by atoms with Crippen molar-refractivity contribution in [3.63, 3.8) is 0 Å². The van der Waals surface area contributed by atoms with E-state index in [4.69, 9.17) is 0 Å². The van der Waals surface area contributed by atoms with Crippen LogP contribution in [0.15, 0.2) is 12.1 Å². The second kappa shape index (κ2) is 14.0. The number of aliphatic hydroxyl groups is 7. The Bertz CT molecular complexity index is 1840. The molecule has 0 fully saturated rings.